The van der Waals surface area contributed by atoms with E-state index in [0.29, 0.717) is 11.5 Å². The van der Waals surface area contributed by atoms with E-state index in [-0.39, 0.29) is 0 Å². The first-order chi connectivity index (χ1) is 8.32. The number of hydrogen-bond acceptors (Lipinski definition) is 2. The molecule has 1 aliphatic heterocycles. The highest BCUT2D eigenvalue weighted by Crippen LogP contribution is 2.47. The van der Waals surface area contributed by atoms with Crippen LogP contribution in [0.2, 0.25) is 0 Å². The fraction of sp³-hybridized carbons (Fsp3) is 1.00. The van der Waals surface area contributed by atoms with Gasteiger partial charge in [-0.3, -0.25) is 0 Å². The summed E-state index contributed by atoms with van der Waals surface area (Å²) >= 11 is 0. The SMILES string of the molecule is CCNC(C1CCCOC1)C1(CC)CCCC1. The maximum Gasteiger partial charge on any atom is 0.0509 e. The summed E-state index contributed by atoms with van der Waals surface area (Å²) in [5.74, 6) is 0.752. The van der Waals surface area contributed by atoms with Crippen LogP contribution < -0.4 is 5.32 Å². The second kappa shape index (κ2) is 6.19. The predicted molar refractivity (Wildman–Crippen MR) is 72.2 cm³/mol. The smallest absolute Gasteiger partial charge is 0.0509 e. The van der Waals surface area contributed by atoms with Crippen LogP contribution in [0, 0.1) is 11.3 Å². The van der Waals surface area contributed by atoms with Crippen molar-refractivity contribution in [3.05, 3.63) is 0 Å². The third-order valence-corrected chi connectivity index (χ3v) is 5.05. The van der Waals surface area contributed by atoms with Gasteiger partial charge < -0.3 is 10.1 Å². The molecule has 2 rings (SSSR count). The molecule has 1 saturated heterocycles. The highest BCUT2D eigenvalue weighted by molar-refractivity contribution is 4.97. The Kier molecular flexibility index (Phi) is 4.87. The van der Waals surface area contributed by atoms with Crippen LogP contribution in [0.1, 0.15) is 58.8 Å². The maximum atomic E-state index is 5.72. The van der Waals surface area contributed by atoms with Gasteiger partial charge in [-0.1, -0.05) is 26.7 Å². The lowest BCUT2D eigenvalue weighted by Gasteiger charge is -2.43. The van der Waals surface area contributed by atoms with Crippen LogP contribution in [0.5, 0.6) is 0 Å². The Balaban J connectivity index is 2.08. The Morgan fingerprint density at radius 3 is 2.53 bits per heavy atom. The lowest BCUT2D eigenvalue weighted by Crippen LogP contribution is -2.50. The largest absolute Gasteiger partial charge is 0.381 e. The second-order valence-electron chi connectivity index (χ2n) is 5.94. The third-order valence-electron chi connectivity index (χ3n) is 5.05. The zero-order chi connectivity index (χ0) is 12.1. The summed E-state index contributed by atoms with van der Waals surface area (Å²) in [5.41, 5.74) is 0.571. The molecule has 0 aromatic carbocycles. The van der Waals surface area contributed by atoms with Crippen molar-refractivity contribution in [2.24, 2.45) is 11.3 Å². The Labute approximate surface area is 107 Å². The molecule has 100 valence electrons. The van der Waals surface area contributed by atoms with Crippen LogP contribution >= 0.6 is 0 Å². The molecule has 0 radical (unpaired) electrons. The molecule has 1 N–H and O–H groups in total. The Hall–Kier alpha value is -0.0800. The number of rotatable bonds is 5. The van der Waals surface area contributed by atoms with E-state index in [2.05, 4.69) is 19.2 Å². The van der Waals surface area contributed by atoms with Crippen molar-refractivity contribution in [2.75, 3.05) is 19.8 Å². The topological polar surface area (TPSA) is 21.3 Å². The monoisotopic (exact) mass is 239 g/mol. The minimum absolute atomic E-state index is 0.571. The van der Waals surface area contributed by atoms with E-state index in [1.807, 2.05) is 0 Å². The van der Waals surface area contributed by atoms with Gasteiger partial charge in [-0.15, -0.1) is 0 Å². The van der Waals surface area contributed by atoms with Crippen LogP contribution in [-0.4, -0.2) is 25.8 Å². The molecule has 2 nitrogen and oxygen atoms in total. The van der Waals surface area contributed by atoms with E-state index in [1.165, 1.54) is 44.9 Å². The third kappa shape index (κ3) is 2.85. The number of ether oxygens (including phenoxy) is 1. The molecule has 1 heterocycles. The first-order valence-electron chi connectivity index (χ1n) is 7.63. The molecule has 2 heteroatoms. The molecule has 0 spiro atoms. The molecule has 2 unspecified atom stereocenters. The van der Waals surface area contributed by atoms with Crippen molar-refractivity contribution < 1.29 is 4.74 Å². The van der Waals surface area contributed by atoms with Crippen LogP contribution in [0.15, 0.2) is 0 Å². The Morgan fingerprint density at radius 2 is 2.00 bits per heavy atom. The van der Waals surface area contributed by atoms with E-state index in [9.17, 15) is 0 Å². The van der Waals surface area contributed by atoms with Gasteiger partial charge >= 0.3 is 0 Å². The fourth-order valence-corrected chi connectivity index (χ4v) is 4.10. The van der Waals surface area contributed by atoms with Gasteiger partial charge in [0.1, 0.15) is 0 Å². The summed E-state index contributed by atoms with van der Waals surface area (Å²) in [5, 5.41) is 3.81. The molecule has 2 aliphatic rings. The minimum Gasteiger partial charge on any atom is -0.381 e. The molecule has 1 aliphatic carbocycles. The summed E-state index contributed by atoms with van der Waals surface area (Å²) in [7, 11) is 0. The van der Waals surface area contributed by atoms with E-state index in [0.717, 1.165) is 25.7 Å². The molecule has 2 atom stereocenters. The highest BCUT2D eigenvalue weighted by Gasteiger charge is 2.43. The normalized spacial score (nSPS) is 30.4. The van der Waals surface area contributed by atoms with Gasteiger partial charge in [0, 0.05) is 12.6 Å². The summed E-state index contributed by atoms with van der Waals surface area (Å²) in [6, 6.07) is 0.695. The van der Waals surface area contributed by atoms with Gasteiger partial charge in [-0.25, -0.2) is 0 Å². The van der Waals surface area contributed by atoms with Crippen molar-refractivity contribution in [2.45, 2.75) is 64.8 Å². The molecule has 17 heavy (non-hydrogen) atoms. The predicted octanol–water partition coefficient (Wildman–Crippen LogP) is 3.36. The molecule has 0 aromatic rings. The average Bonchev–Trinajstić information content (AvgIpc) is 2.87. The van der Waals surface area contributed by atoms with Crippen molar-refractivity contribution in [3.8, 4) is 0 Å². The van der Waals surface area contributed by atoms with Crippen molar-refractivity contribution in [1.82, 2.24) is 5.32 Å². The Morgan fingerprint density at radius 1 is 1.24 bits per heavy atom. The lowest BCUT2D eigenvalue weighted by atomic mass is 9.70. The van der Waals surface area contributed by atoms with E-state index in [4.69, 9.17) is 4.74 Å². The average molecular weight is 239 g/mol. The fourth-order valence-electron chi connectivity index (χ4n) is 4.10. The summed E-state index contributed by atoms with van der Waals surface area (Å²) in [4.78, 5) is 0. The molecular weight excluding hydrogens is 210 g/mol. The first-order valence-corrected chi connectivity index (χ1v) is 7.63. The molecule has 1 saturated carbocycles. The van der Waals surface area contributed by atoms with Crippen LogP contribution in [-0.2, 0) is 4.74 Å². The first kappa shape index (κ1) is 13.4. The molecule has 0 aromatic heterocycles. The Bertz CT molecular complexity index is 217. The molecule has 2 fully saturated rings. The summed E-state index contributed by atoms with van der Waals surface area (Å²) in [6.45, 7) is 7.70. The van der Waals surface area contributed by atoms with Gasteiger partial charge in [0.25, 0.3) is 0 Å². The van der Waals surface area contributed by atoms with Gasteiger partial charge in [0.15, 0.2) is 0 Å². The second-order valence-corrected chi connectivity index (χ2v) is 5.94. The van der Waals surface area contributed by atoms with Crippen molar-refractivity contribution in [3.63, 3.8) is 0 Å². The maximum absolute atomic E-state index is 5.72. The zero-order valence-corrected chi connectivity index (χ0v) is 11.6. The highest BCUT2D eigenvalue weighted by atomic mass is 16.5. The van der Waals surface area contributed by atoms with Crippen molar-refractivity contribution >= 4 is 0 Å². The quantitative estimate of drug-likeness (QED) is 0.794. The van der Waals surface area contributed by atoms with Crippen LogP contribution in [0.3, 0.4) is 0 Å². The summed E-state index contributed by atoms with van der Waals surface area (Å²) < 4.78 is 5.72. The number of hydrogen-bond donors (Lipinski definition) is 1. The molecule has 0 bridgehead atoms. The minimum atomic E-state index is 0.571. The van der Waals surface area contributed by atoms with Crippen LogP contribution in [0.4, 0.5) is 0 Å². The van der Waals surface area contributed by atoms with E-state index < -0.39 is 0 Å². The van der Waals surface area contributed by atoms with E-state index >= 15 is 0 Å². The van der Waals surface area contributed by atoms with Gasteiger partial charge in [0.05, 0.1) is 6.61 Å². The molecular formula is C15H29NO. The summed E-state index contributed by atoms with van der Waals surface area (Å²) in [6.07, 6.45) is 9.68. The zero-order valence-electron chi connectivity index (χ0n) is 11.6. The van der Waals surface area contributed by atoms with Crippen molar-refractivity contribution in [1.29, 1.82) is 0 Å². The van der Waals surface area contributed by atoms with Crippen LogP contribution in [0.25, 0.3) is 0 Å². The van der Waals surface area contributed by atoms with Gasteiger partial charge in [-0.05, 0) is 50.0 Å². The number of nitrogens with one attached hydrogen (secondary N) is 1. The van der Waals surface area contributed by atoms with Gasteiger partial charge in [0.2, 0.25) is 0 Å². The van der Waals surface area contributed by atoms with E-state index in [1.54, 1.807) is 0 Å². The lowest BCUT2D eigenvalue weighted by molar-refractivity contribution is 0.00715. The standard InChI is InChI=1S/C15H29NO/c1-3-15(9-5-6-10-15)14(16-4-2)13-8-7-11-17-12-13/h13-14,16H,3-12H2,1-2H3. The molecule has 0 amide bonds. The van der Waals surface area contributed by atoms with Gasteiger partial charge in [-0.2, -0.15) is 0 Å².